The second kappa shape index (κ2) is 10.3. The third kappa shape index (κ3) is 4.94. The summed E-state index contributed by atoms with van der Waals surface area (Å²) in [5.41, 5.74) is 1.84. The van der Waals surface area contributed by atoms with Crippen LogP contribution in [0.5, 0.6) is 5.75 Å². The van der Waals surface area contributed by atoms with Crippen LogP contribution in [-0.4, -0.2) is 44.3 Å². The van der Waals surface area contributed by atoms with Gasteiger partial charge in [-0.1, -0.05) is 18.2 Å². The average molecular weight is 530 g/mol. The second-order valence-electron chi connectivity index (χ2n) is 8.71. The Balaban J connectivity index is 1.55. The van der Waals surface area contributed by atoms with Crippen molar-refractivity contribution in [3.63, 3.8) is 0 Å². The van der Waals surface area contributed by atoms with Gasteiger partial charge >= 0.3 is 11.9 Å². The SMILES string of the molecule is COc1ccc(CN2C(=S)N[C@@H](c3ccccn3)[C@H]2c2ccc(-c3cc(C(=O)O)cc(C(=O)O)c3)o2)cc1. The first-order valence-electron chi connectivity index (χ1n) is 11.7. The quantitative estimate of drug-likeness (QED) is 0.271. The molecule has 1 saturated heterocycles. The monoisotopic (exact) mass is 529 g/mol. The molecule has 10 heteroatoms. The minimum absolute atomic E-state index is 0.144. The third-order valence-corrected chi connectivity index (χ3v) is 6.69. The van der Waals surface area contributed by atoms with E-state index in [1.165, 1.54) is 12.1 Å². The molecule has 192 valence electrons. The van der Waals surface area contributed by atoms with Crippen LogP contribution in [0, 0.1) is 0 Å². The molecule has 1 aliphatic rings. The van der Waals surface area contributed by atoms with Gasteiger partial charge < -0.3 is 29.6 Å². The molecule has 4 aromatic rings. The summed E-state index contributed by atoms with van der Waals surface area (Å²) >= 11 is 5.72. The van der Waals surface area contributed by atoms with E-state index in [2.05, 4.69) is 10.3 Å². The third-order valence-electron chi connectivity index (χ3n) is 6.34. The van der Waals surface area contributed by atoms with Crippen LogP contribution >= 0.6 is 12.2 Å². The molecule has 0 saturated carbocycles. The first kappa shape index (κ1) is 25.0. The molecule has 0 aliphatic carbocycles. The van der Waals surface area contributed by atoms with Crippen LogP contribution in [0.3, 0.4) is 0 Å². The van der Waals surface area contributed by atoms with E-state index in [4.69, 9.17) is 21.4 Å². The van der Waals surface area contributed by atoms with E-state index in [9.17, 15) is 19.8 Å². The summed E-state index contributed by atoms with van der Waals surface area (Å²) in [4.78, 5) is 29.7. The Bertz CT molecular complexity index is 1470. The van der Waals surface area contributed by atoms with Crippen LogP contribution in [0.15, 0.2) is 83.4 Å². The van der Waals surface area contributed by atoms with Crippen molar-refractivity contribution in [2.45, 2.75) is 18.6 Å². The summed E-state index contributed by atoms with van der Waals surface area (Å²) in [5, 5.41) is 22.8. The zero-order chi connectivity index (χ0) is 26.8. The number of carboxylic acids is 2. The van der Waals surface area contributed by atoms with E-state index in [1.54, 1.807) is 25.4 Å². The Morgan fingerprint density at radius 2 is 1.74 bits per heavy atom. The standard InChI is InChI=1S/C28H23N3O6S/c1-36-20-7-5-16(6-8-20)15-31-25(24(30-28(31)38)21-4-2-3-11-29-21)23-10-9-22(37-23)17-12-18(26(32)33)14-19(13-17)27(34)35/h2-14,24-25H,15H2,1H3,(H,30,38)(H,32,33)(H,34,35)/t24-,25+/m0/s1. The highest BCUT2D eigenvalue weighted by atomic mass is 32.1. The lowest BCUT2D eigenvalue weighted by Gasteiger charge is -2.26. The van der Waals surface area contributed by atoms with E-state index >= 15 is 0 Å². The summed E-state index contributed by atoms with van der Waals surface area (Å²) in [6, 6.07) is 20.0. The molecule has 5 rings (SSSR count). The van der Waals surface area contributed by atoms with Crippen LogP contribution in [-0.2, 0) is 6.54 Å². The van der Waals surface area contributed by atoms with Gasteiger partial charge in [0.25, 0.3) is 0 Å². The van der Waals surface area contributed by atoms with Crippen LogP contribution in [0.1, 0.15) is 49.8 Å². The molecule has 2 aromatic heterocycles. The van der Waals surface area contributed by atoms with Crippen molar-refractivity contribution in [1.29, 1.82) is 0 Å². The lowest BCUT2D eigenvalue weighted by Crippen LogP contribution is -2.29. The van der Waals surface area contributed by atoms with Crippen LogP contribution in [0.4, 0.5) is 0 Å². The molecule has 0 amide bonds. The maximum absolute atomic E-state index is 11.6. The van der Waals surface area contributed by atoms with E-state index in [-0.39, 0.29) is 23.2 Å². The fourth-order valence-electron chi connectivity index (χ4n) is 4.50. The first-order chi connectivity index (χ1) is 18.3. The number of ether oxygens (including phenoxy) is 1. The number of hydrogen-bond acceptors (Lipinski definition) is 6. The van der Waals surface area contributed by atoms with Gasteiger partial charge in [-0.25, -0.2) is 9.59 Å². The molecule has 9 nitrogen and oxygen atoms in total. The second-order valence-corrected chi connectivity index (χ2v) is 9.10. The van der Waals surface area contributed by atoms with Gasteiger partial charge in [0, 0.05) is 18.3 Å². The summed E-state index contributed by atoms with van der Waals surface area (Å²) in [5.74, 6) is -0.805. The van der Waals surface area contributed by atoms with Gasteiger partial charge in [0.15, 0.2) is 5.11 Å². The summed E-state index contributed by atoms with van der Waals surface area (Å²) in [7, 11) is 1.61. The Morgan fingerprint density at radius 3 is 2.34 bits per heavy atom. The van der Waals surface area contributed by atoms with Crippen molar-refractivity contribution in [3.05, 3.63) is 107 Å². The van der Waals surface area contributed by atoms with Gasteiger partial charge in [0.2, 0.25) is 0 Å². The number of aromatic carboxylic acids is 2. The van der Waals surface area contributed by atoms with Crippen LogP contribution < -0.4 is 10.1 Å². The highest BCUT2D eigenvalue weighted by Gasteiger charge is 2.41. The van der Waals surface area contributed by atoms with Crippen molar-refractivity contribution in [2.75, 3.05) is 7.11 Å². The molecular weight excluding hydrogens is 506 g/mol. The van der Waals surface area contributed by atoms with Gasteiger partial charge in [0.05, 0.1) is 30.0 Å². The summed E-state index contributed by atoms with van der Waals surface area (Å²) < 4.78 is 11.5. The summed E-state index contributed by atoms with van der Waals surface area (Å²) in [6.45, 7) is 0.484. The number of benzene rings is 2. The van der Waals surface area contributed by atoms with Gasteiger partial charge in [0.1, 0.15) is 23.3 Å². The molecule has 2 aromatic carbocycles. The Morgan fingerprint density at radius 1 is 1.03 bits per heavy atom. The maximum Gasteiger partial charge on any atom is 0.335 e. The number of hydrogen-bond donors (Lipinski definition) is 3. The molecule has 0 radical (unpaired) electrons. The number of nitrogens with one attached hydrogen (secondary N) is 1. The first-order valence-corrected chi connectivity index (χ1v) is 12.1. The molecule has 0 bridgehead atoms. The number of thiocarbonyl (C=S) groups is 1. The highest BCUT2D eigenvalue weighted by molar-refractivity contribution is 7.80. The number of carbonyl (C=O) groups is 2. The van der Waals surface area contributed by atoms with Crippen molar-refractivity contribution in [3.8, 4) is 17.1 Å². The van der Waals surface area contributed by atoms with Gasteiger partial charge in [-0.15, -0.1) is 0 Å². The number of pyridine rings is 1. The zero-order valence-electron chi connectivity index (χ0n) is 20.2. The van der Waals surface area contributed by atoms with E-state index in [1.807, 2.05) is 47.4 Å². The molecule has 38 heavy (non-hydrogen) atoms. The van der Waals surface area contributed by atoms with E-state index in [0.29, 0.717) is 28.7 Å². The minimum Gasteiger partial charge on any atom is -0.497 e. The van der Waals surface area contributed by atoms with Crippen molar-refractivity contribution >= 4 is 29.3 Å². The highest BCUT2D eigenvalue weighted by Crippen LogP contribution is 2.41. The van der Waals surface area contributed by atoms with Crippen molar-refractivity contribution < 1.29 is 29.0 Å². The molecule has 1 aliphatic heterocycles. The van der Waals surface area contributed by atoms with Crippen LogP contribution in [0.2, 0.25) is 0 Å². The molecular formula is C28H23N3O6S. The molecule has 3 N–H and O–H groups in total. The number of aromatic nitrogens is 1. The molecule has 1 fully saturated rings. The maximum atomic E-state index is 11.6. The van der Waals surface area contributed by atoms with Gasteiger partial charge in [-0.05, 0) is 72.4 Å². The fourth-order valence-corrected chi connectivity index (χ4v) is 4.80. The lowest BCUT2D eigenvalue weighted by atomic mass is 10.0. The molecule has 0 spiro atoms. The predicted octanol–water partition coefficient (Wildman–Crippen LogP) is 4.92. The lowest BCUT2D eigenvalue weighted by molar-refractivity contribution is 0.0696. The average Bonchev–Trinajstić information content (AvgIpc) is 3.54. The molecule has 3 heterocycles. The normalized spacial score (nSPS) is 16.8. The number of nitrogens with zero attached hydrogens (tertiary/aromatic N) is 2. The van der Waals surface area contributed by atoms with Crippen LogP contribution in [0.25, 0.3) is 11.3 Å². The number of rotatable bonds is 8. The van der Waals surface area contributed by atoms with E-state index in [0.717, 1.165) is 23.1 Å². The van der Waals surface area contributed by atoms with Crippen molar-refractivity contribution in [2.24, 2.45) is 0 Å². The Labute approximate surface area is 223 Å². The summed E-state index contributed by atoms with van der Waals surface area (Å²) in [6.07, 6.45) is 1.71. The van der Waals surface area contributed by atoms with Crippen molar-refractivity contribution in [1.82, 2.24) is 15.2 Å². The number of methoxy groups -OCH3 is 1. The molecule has 2 atom stereocenters. The van der Waals surface area contributed by atoms with E-state index < -0.39 is 11.9 Å². The largest absolute Gasteiger partial charge is 0.497 e. The smallest absolute Gasteiger partial charge is 0.335 e. The predicted molar refractivity (Wildman–Crippen MR) is 142 cm³/mol. The minimum atomic E-state index is -1.23. The van der Waals surface area contributed by atoms with Gasteiger partial charge in [-0.2, -0.15) is 0 Å². The topological polar surface area (TPSA) is 125 Å². The number of carboxylic acid groups (broad SMARTS) is 2. The Kier molecular flexibility index (Phi) is 6.80. The van der Waals surface area contributed by atoms with Gasteiger partial charge in [-0.3, -0.25) is 4.98 Å². The number of furan rings is 1. The zero-order valence-corrected chi connectivity index (χ0v) is 21.0. The fraction of sp³-hybridized carbons (Fsp3) is 0.143. The molecule has 0 unspecified atom stereocenters. The Hall–Kier alpha value is -4.70.